The van der Waals surface area contributed by atoms with Gasteiger partial charge in [0.15, 0.2) is 0 Å². The van der Waals surface area contributed by atoms with Crippen LogP contribution >= 0.6 is 0 Å². The van der Waals surface area contributed by atoms with E-state index in [1.165, 1.54) is 11.3 Å². The molecule has 1 heterocycles. The summed E-state index contributed by atoms with van der Waals surface area (Å²) in [6, 6.07) is 10.6. The topological polar surface area (TPSA) is 39.1 Å². The van der Waals surface area contributed by atoms with E-state index in [0.29, 0.717) is 0 Å². The Hall–Kier alpha value is -1.81. The Balaban J connectivity index is 2.30. The minimum atomic E-state index is 0.243. The van der Waals surface area contributed by atoms with Crippen LogP contribution in [0, 0.1) is 6.92 Å². The molecule has 0 aliphatic heterocycles. The highest BCUT2D eigenvalue weighted by molar-refractivity contribution is 5.34. The first-order chi connectivity index (χ1) is 10.2. The lowest BCUT2D eigenvalue weighted by Crippen LogP contribution is -2.25. The Bertz CT molecular complexity index is 577. The third kappa shape index (κ3) is 3.64. The number of methoxy groups -OCH3 is 1. The normalized spacial score (nSPS) is 12.4. The molecule has 0 fully saturated rings. The van der Waals surface area contributed by atoms with E-state index in [9.17, 15) is 0 Å². The van der Waals surface area contributed by atoms with Crippen LogP contribution in [0.4, 0.5) is 0 Å². The average Bonchev–Trinajstić information content (AvgIpc) is 2.88. The van der Waals surface area contributed by atoms with Gasteiger partial charge in [-0.05, 0) is 44.5 Å². The highest BCUT2D eigenvalue weighted by Gasteiger charge is 2.18. The first-order valence-electron chi connectivity index (χ1n) is 7.59. The highest BCUT2D eigenvalue weighted by Crippen LogP contribution is 2.25. The van der Waals surface area contributed by atoms with E-state index < -0.39 is 0 Å². The van der Waals surface area contributed by atoms with Crippen molar-refractivity contribution in [3.8, 4) is 5.75 Å². The summed E-state index contributed by atoms with van der Waals surface area (Å²) >= 11 is 0. The second-order valence-corrected chi connectivity index (χ2v) is 5.15. The van der Waals surface area contributed by atoms with E-state index in [4.69, 9.17) is 4.74 Å². The van der Waals surface area contributed by atoms with Crippen LogP contribution < -0.4 is 10.1 Å². The van der Waals surface area contributed by atoms with E-state index in [1.54, 1.807) is 7.11 Å². The molecular weight excluding hydrogens is 262 g/mol. The van der Waals surface area contributed by atoms with E-state index in [-0.39, 0.29) is 6.04 Å². The lowest BCUT2D eigenvalue weighted by molar-refractivity contribution is 0.403. The number of likely N-dealkylation sites (N-methyl/N-ethyl adjacent to an activating group) is 1. The maximum atomic E-state index is 5.47. The van der Waals surface area contributed by atoms with E-state index in [1.807, 2.05) is 19.1 Å². The van der Waals surface area contributed by atoms with Crippen molar-refractivity contribution in [3.63, 3.8) is 0 Å². The monoisotopic (exact) mass is 287 g/mol. The summed E-state index contributed by atoms with van der Waals surface area (Å²) in [5.41, 5.74) is 3.52. The fraction of sp³-hybridized carbons (Fsp3) is 0.471. The van der Waals surface area contributed by atoms with Gasteiger partial charge < -0.3 is 10.1 Å². The van der Waals surface area contributed by atoms with Gasteiger partial charge in [-0.2, -0.15) is 5.10 Å². The third-order valence-electron chi connectivity index (χ3n) is 3.66. The number of hydrogen-bond acceptors (Lipinski definition) is 3. The van der Waals surface area contributed by atoms with Gasteiger partial charge in [-0.3, -0.25) is 4.68 Å². The van der Waals surface area contributed by atoms with Gasteiger partial charge in [0.25, 0.3) is 0 Å². The second-order valence-electron chi connectivity index (χ2n) is 5.15. The molecule has 0 aliphatic carbocycles. The number of hydrogen-bond donors (Lipinski definition) is 1. The zero-order valence-corrected chi connectivity index (χ0v) is 13.4. The number of nitrogens with one attached hydrogen (secondary N) is 1. The quantitative estimate of drug-likeness (QED) is 0.850. The zero-order chi connectivity index (χ0) is 15.2. The minimum Gasteiger partial charge on any atom is -0.496 e. The lowest BCUT2D eigenvalue weighted by Gasteiger charge is -2.20. The molecule has 0 saturated heterocycles. The molecule has 4 heteroatoms. The van der Waals surface area contributed by atoms with Crippen molar-refractivity contribution >= 4 is 0 Å². The van der Waals surface area contributed by atoms with Crippen LogP contribution in [0.25, 0.3) is 0 Å². The Morgan fingerprint density at radius 1 is 1.29 bits per heavy atom. The maximum Gasteiger partial charge on any atom is 0.122 e. The first-order valence-corrected chi connectivity index (χ1v) is 7.59. The third-order valence-corrected chi connectivity index (χ3v) is 3.66. The zero-order valence-electron chi connectivity index (χ0n) is 13.4. The number of aromatic nitrogens is 2. The molecule has 2 rings (SSSR count). The van der Waals surface area contributed by atoms with Gasteiger partial charge in [0.05, 0.1) is 24.5 Å². The maximum absolute atomic E-state index is 5.47. The van der Waals surface area contributed by atoms with Crippen molar-refractivity contribution in [2.45, 2.75) is 39.8 Å². The van der Waals surface area contributed by atoms with Crippen LogP contribution in [0.2, 0.25) is 0 Å². The Morgan fingerprint density at radius 2 is 2.05 bits per heavy atom. The van der Waals surface area contributed by atoms with Crippen LogP contribution in [0.15, 0.2) is 30.3 Å². The van der Waals surface area contributed by atoms with Gasteiger partial charge in [0, 0.05) is 6.54 Å². The molecule has 1 aromatic carbocycles. The predicted octanol–water partition coefficient (Wildman–Crippen LogP) is 3.11. The van der Waals surface area contributed by atoms with Crippen LogP contribution in [-0.4, -0.2) is 23.4 Å². The van der Waals surface area contributed by atoms with E-state index >= 15 is 0 Å². The lowest BCUT2D eigenvalue weighted by atomic mass is 10.0. The van der Waals surface area contributed by atoms with Crippen molar-refractivity contribution in [3.05, 3.63) is 47.3 Å². The first kappa shape index (κ1) is 15.6. The van der Waals surface area contributed by atoms with E-state index in [2.05, 4.69) is 47.1 Å². The van der Waals surface area contributed by atoms with Crippen LogP contribution in [0.5, 0.6) is 5.75 Å². The molecule has 0 saturated carbocycles. The summed E-state index contributed by atoms with van der Waals surface area (Å²) in [6.07, 6.45) is 0.892. The Morgan fingerprint density at radius 3 is 2.71 bits per heavy atom. The molecule has 0 amide bonds. The molecule has 4 nitrogen and oxygen atoms in total. The number of para-hydroxylation sites is 1. The number of aryl methyl sites for hydroxylation is 2. The molecule has 0 aliphatic rings. The number of nitrogens with zero attached hydrogens (tertiary/aromatic N) is 2. The van der Waals surface area contributed by atoms with Crippen molar-refractivity contribution < 1.29 is 4.74 Å². The summed E-state index contributed by atoms with van der Waals surface area (Å²) in [6.45, 7) is 8.11. The minimum absolute atomic E-state index is 0.243. The molecular formula is C17H25N3O. The molecule has 0 bridgehead atoms. The average molecular weight is 287 g/mol. The van der Waals surface area contributed by atoms with Crippen molar-refractivity contribution in [2.75, 3.05) is 13.7 Å². The highest BCUT2D eigenvalue weighted by atomic mass is 16.5. The number of benzene rings is 1. The Kier molecular flexibility index (Phi) is 5.39. The summed E-state index contributed by atoms with van der Waals surface area (Å²) < 4.78 is 7.55. The molecule has 0 radical (unpaired) electrons. The van der Waals surface area contributed by atoms with Crippen molar-refractivity contribution in [1.29, 1.82) is 0 Å². The summed E-state index contributed by atoms with van der Waals surface area (Å²) in [4.78, 5) is 0. The largest absolute Gasteiger partial charge is 0.496 e. The molecule has 1 N–H and O–H groups in total. The summed E-state index contributed by atoms with van der Waals surface area (Å²) in [7, 11) is 1.72. The molecule has 2 aromatic rings. The summed E-state index contributed by atoms with van der Waals surface area (Å²) in [5, 5.41) is 8.13. The standard InChI is InChI=1S/C17H25N3O/c1-5-18-15(16-11-13(3)19-20(16)6-2)12-14-9-7-8-10-17(14)21-4/h7-11,15,18H,5-6,12H2,1-4H3. The Labute approximate surface area is 127 Å². The number of rotatable bonds is 7. The molecule has 1 atom stereocenters. The molecule has 114 valence electrons. The molecule has 0 spiro atoms. The summed E-state index contributed by atoms with van der Waals surface area (Å²) in [5.74, 6) is 0.944. The fourth-order valence-corrected chi connectivity index (χ4v) is 2.72. The van der Waals surface area contributed by atoms with Gasteiger partial charge in [-0.1, -0.05) is 25.1 Å². The van der Waals surface area contributed by atoms with Gasteiger partial charge in [-0.15, -0.1) is 0 Å². The predicted molar refractivity (Wildman–Crippen MR) is 85.8 cm³/mol. The van der Waals surface area contributed by atoms with Gasteiger partial charge >= 0.3 is 0 Å². The fourth-order valence-electron chi connectivity index (χ4n) is 2.72. The second kappa shape index (κ2) is 7.27. The SMILES string of the molecule is CCNC(Cc1ccccc1OC)c1cc(C)nn1CC. The molecule has 1 unspecified atom stereocenters. The van der Waals surface area contributed by atoms with Crippen LogP contribution in [0.3, 0.4) is 0 Å². The van der Waals surface area contributed by atoms with Gasteiger partial charge in [-0.25, -0.2) is 0 Å². The van der Waals surface area contributed by atoms with Crippen LogP contribution in [-0.2, 0) is 13.0 Å². The van der Waals surface area contributed by atoms with Crippen molar-refractivity contribution in [1.82, 2.24) is 15.1 Å². The smallest absolute Gasteiger partial charge is 0.122 e. The van der Waals surface area contributed by atoms with Gasteiger partial charge in [0.1, 0.15) is 5.75 Å². The molecule has 1 aromatic heterocycles. The molecule has 21 heavy (non-hydrogen) atoms. The van der Waals surface area contributed by atoms with Crippen LogP contribution in [0.1, 0.15) is 36.8 Å². The van der Waals surface area contributed by atoms with E-state index in [0.717, 1.165) is 31.0 Å². The van der Waals surface area contributed by atoms with Gasteiger partial charge in [0.2, 0.25) is 0 Å². The number of ether oxygens (including phenoxy) is 1. The van der Waals surface area contributed by atoms with Crippen molar-refractivity contribution in [2.24, 2.45) is 0 Å².